The van der Waals surface area contributed by atoms with Crippen LogP contribution in [0.4, 0.5) is 19.0 Å². The number of halogens is 4. The predicted octanol–water partition coefficient (Wildman–Crippen LogP) is 5.28. The number of nitrogens with zero attached hydrogens (tertiary/aromatic N) is 2. The summed E-state index contributed by atoms with van der Waals surface area (Å²) >= 11 is 3.34. The molecule has 5 nitrogen and oxygen atoms in total. The molecule has 2 atom stereocenters. The lowest BCUT2D eigenvalue weighted by Crippen LogP contribution is -2.36. The van der Waals surface area contributed by atoms with Gasteiger partial charge in [-0.2, -0.15) is 18.3 Å². The van der Waals surface area contributed by atoms with E-state index in [0.29, 0.717) is 18.5 Å². The van der Waals surface area contributed by atoms with E-state index in [0.717, 1.165) is 14.7 Å². The summed E-state index contributed by atoms with van der Waals surface area (Å²) in [4.78, 5) is 12.7. The Kier molecular flexibility index (Phi) is 6.04. The number of carbonyl (C=O) groups excluding carboxylic acids is 1. The van der Waals surface area contributed by atoms with Crippen LogP contribution in [0.3, 0.4) is 0 Å². The first-order chi connectivity index (χ1) is 14.8. The van der Waals surface area contributed by atoms with Crippen molar-refractivity contribution in [1.29, 1.82) is 0 Å². The molecule has 0 radical (unpaired) electrons. The van der Waals surface area contributed by atoms with Crippen LogP contribution in [0.25, 0.3) is 0 Å². The molecule has 2 N–H and O–H groups in total. The van der Waals surface area contributed by atoms with Gasteiger partial charge in [-0.3, -0.25) is 4.79 Å². The number of nitrogens with one attached hydrogen (secondary N) is 2. The molecule has 3 aromatic rings. The number of anilines is 1. The molecule has 2 aromatic carbocycles. The summed E-state index contributed by atoms with van der Waals surface area (Å²) < 4.78 is 43.0. The van der Waals surface area contributed by atoms with Gasteiger partial charge in [0.25, 0.3) is 5.91 Å². The summed E-state index contributed by atoms with van der Waals surface area (Å²) in [6, 6.07) is 14.3. The van der Waals surface area contributed by atoms with Crippen molar-refractivity contribution in [2.45, 2.75) is 31.1 Å². The second-order valence-corrected chi connectivity index (χ2v) is 8.30. The Labute approximate surface area is 185 Å². The normalized spacial score (nSPS) is 18.2. The summed E-state index contributed by atoms with van der Waals surface area (Å²) in [6.45, 7) is 0.367. The van der Waals surface area contributed by atoms with E-state index in [2.05, 4.69) is 31.7 Å². The van der Waals surface area contributed by atoms with Gasteiger partial charge in [0, 0.05) is 17.4 Å². The Balaban J connectivity index is 1.56. The third-order valence-electron chi connectivity index (χ3n) is 5.30. The van der Waals surface area contributed by atoms with Crippen molar-refractivity contribution in [1.82, 2.24) is 15.1 Å². The first-order valence-electron chi connectivity index (χ1n) is 9.81. The number of hydrogen-bond donors (Lipinski definition) is 2. The molecule has 0 fully saturated rings. The highest BCUT2D eigenvalue weighted by molar-refractivity contribution is 9.10. The molecule has 2 heterocycles. The Bertz CT molecular complexity index is 1050. The smallest absolute Gasteiger partial charge is 0.363 e. The van der Waals surface area contributed by atoms with Gasteiger partial charge in [0.05, 0.1) is 12.2 Å². The molecule has 0 saturated carbocycles. The van der Waals surface area contributed by atoms with Gasteiger partial charge in [0.2, 0.25) is 0 Å². The summed E-state index contributed by atoms with van der Waals surface area (Å²) in [5.41, 5.74) is 1.87. The van der Waals surface area contributed by atoms with E-state index in [-0.39, 0.29) is 17.8 Å². The van der Waals surface area contributed by atoms with Crippen LogP contribution in [0.1, 0.15) is 40.0 Å². The average molecular weight is 493 g/mol. The van der Waals surface area contributed by atoms with Crippen molar-refractivity contribution in [3.63, 3.8) is 0 Å². The summed E-state index contributed by atoms with van der Waals surface area (Å²) in [5, 5.41) is 9.78. The topological polar surface area (TPSA) is 59.0 Å². The van der Waals surface area contributed by atoms with Crippen LogP contribution in [-0.4, -0.2) is 28.4 Å². The number of fused-ring (bicyclic) bond motifs is 1. The maximum absolute atomic E-state index is 13.8. The van der Waals surface area contributed by atoms with E-state index in [1.165, 1.54) is 6.20 Å². The van der Waals surface area contributed by atoms with E-state index in [9.17, 15) is 18.0 Å². The molecule has 0 bridgehead atoms. The van der Waals surface area contributed by atoms with E-state index in [1.807, 2.05) is 30.3 Å². The lowest BCUT2D eigenvalue weighted by Gasteiger charge is -2.34. The van der Waals surface area contributed by atoms with Gasteiger partial charge in [-0.1, -0.05) is 58.4 Å². The molecule has 31 heavy (non-hydrogen) atoms. The number of aromatic nitrogens is 2. The zero-order valence-corrected chi connectivity index (χ0v) is 18.0. The highest BCUT2D eigenvalue weighted by Gasteiger charge is 2.47. The third kappa shape index (κ3) is 4.76. The molecule has 4 rings (SSSR count). The van der Waals surface area contributed by atoms with E-state index >= 15 is 0 Å². The zero-order chi connectivity index (χ0) is 22.0. The van der Waals surface area contributed by atoms with Crippen LogP contribution in [0.2, 0.25) is 0 Å². The lowest BCUT2D eigenvalue weighted by atomic mass is 9.96. The first-order valence-corrected chi connectivity index (χ1v) is 10.6. The molecule has 1 amide bonds. The minimum absolute atomic E-state index is 0.0821. The molecule has 0 spiro atoms. The minimum Gasteiger partial charge on any atom is -0.363 e. The molecule has 162 valence electrons. The van der Waals surface area contributed by atoms with E-state index in [1.54, 1.807) is 24.3 Å². The van der Waals surface area contributed by atoms with Crippen molar-refractivity contribution >= 4 is 27.7 Å². The Morgan fingerprint density at radius 3 is 2.55 bits per heavy atom. The zero-order valence-electron chi connectivity index (χ0n) is 16.4. The predicted molar refractivity (Wildman–Crippen MR) is 115 cm³/mol. The Hall–Kier alpha value is -2.81. The van der Waals surface area contributed by atoms with Gasteiger partial charge >= 0.3 is 6.18 Å². The van der Waals surface area contributed by atoms with Gasteiger partial charge in [0.1, 0.15) is 11.4 Å². The van der Waals surface area contributed by atoms with Gasteiger partial charge in [-0.15, -0.1) is 0 Å². The van der Waals surface area contributed by atoms with Crippen molar-refractivity contribution in [3.8, 4) is 0 Å². The largest absolute Gasteiger partial charge is 0.410 e. The van der Waals surface area contributed by atoms with Crippen LogP contribution < -0.4 is 10.6 Å². The van der Waals surface area contributed by atoms with Crippen molar-refractivity contribution in [2.24, 2.45) is 0 Å². The van der Waals surface area contributed by atoms with Crippen LogP contribution in [0, 0.1) is 0 Å². The van der Waals surface area contributed by atoms with E-state index in [4.69, 9.17) is 0 Å². The maximum atomic E-state index is 13.8. The number of rotatable bonds is 5. The van der Waals surface area contributed by atoms with Crippen molar-refractivity contribution in [2.75, 3.05) is 11.9 Å². The molecule has 0 saturated heterocycles. The standard InChI is InChI=1S/C22H20BrF3N4O/c23-16-8-6-15(7-9-16)18-12-19(22(24,25)26)30-20(29-18)17(13-28-30)21(31)27-11-10-14-4-2-1-3-5-14/h1-9,13,18-19,29H,10-12H2,(H,27,31)/t18-,19+/m1/s1. The summed E-state index contributed by atoms with van der Waals surface area (Å²) in [7, 11) is 0. The monoisotopic (exact) mass is 492 g/mol. The van der Waals surface area contributed by atoms with Gasteiger partial charge in [0.15, 0.2) is 6.04 Å². The molecule has 0 unspecified atom stereocenters. The number of alkyl halides is 3. The SMILES string of the molecule is O=C(NCCc1ccccc1)c1cnn2c1N[C@@H](c1ccc(Br)cc1)C[C@H]2C(F)(F)F. The third-order valence-corrected chi connectivity index (χ3v) is 5.83. The molecular weight excluding hydrogens is 473 g/mol. The van der Waals surface area contributed by atoms with Gasteiger partial charge < -0.3 is 10.6 Å². The highest BCUT2D eigenvalue weighted by atomic mass is 79.9. The molecule has 1 aromatic heterocycles. The molecule has 0 aliphatic carbocycles. The van der Waals surface area contributed by atoms with Gasteiger partial charge in [-0.05, 0) is 29.7 Å². The fraction of sp³-hybridized carbons (Fsp3) is 0.273. The van der Waals surface area contributed by atoms with Crippen molar-refractivity contribution in [3.05, 3.63) is 82.0 Å². The second kappa shape index (κ2) is 8.74. The van der Waals surface area contributed by atoms with Crippen LogP contribution >= 0.6 is 15.9 Å². The average Bonchev–Trinajstić information content (AvgIpc) is 3.17. The molecule has 1 aliphatic rings. The lowest BCUT2D eigenvalue weighted by molar-refractivity contribution is -0.173. The number of carbonyl (C=O) groups is 1. The van der Waals surface area contributed by atoms with Crippen LogP contribution in [0.15, 0.2) is 65.3 Å². The molecular formula is C22H20BrF3N4O. The number of hydrogen-bond acceptors (Lipinski definition) is 3. The maximum Gasteiger partial charge on any atom is 0.410 e. The number of amides is 1. The second-order valence-electron chi connectivity index (χ2n) is 7.38. The quantitative estimate of drug-likeness (QED) is 0.509. The van der Waals surface area contributed by atoms with Crippen LogP contribution in [0.5, 0.6) is 0 Å². The van der Waals surface area contributed by atoms with Crippen LogP contribution in [-0.2, 0) is 6.42 Å². The molecule has 9 heteroatoms. The van der Waals surface area contributed by atoms with Gasteiger partial charge in [-0.25, -0.2) is 4.68 Å². The summed E-state index contributed by atoms with van der Waals surface area (Å²) in [5.74, 6) is -0.374. The molecule has 1 aliphatic heterocycles. The first kappa shape index (κ1) is 21.4. The van der Waals surface area contributed by atoms with E-state index < -0.39 is 24.2 Å². The Morgan fingerprint density at radius 1 is 1.16 bits per heavy atom. The Morgan fingerprint density at radius 2 is 1.87 bits per heavy atom. The van der Waals surface area contributed by atoms with Crippen molar-refractivity contribution < 1.29 is 18.0 Å². The fourth-order valence-corrected chi connectivity index (χ4v) is 3.97. The highest BCUT2D eigenvalue weighted by Crippen LogP contribution is 2.44. The summed E-state index contributed by atoms with van der Waals surface area (Å²) in [6.07, 6.45) is -2.88. The fourth-order valence-electron chi connectivity index (χ4n) is 3.70. The number of benzene rings is 2. The minimum atomic E-state index is -4.49.